The number of carbonyl (C=O) groups is 1. The molecule has 1 saturated carbocycles. The van der Waals surface area contributed by atoms with E-state index in [1.165, 1.54) is 15.6 Å². The second-order valence-electron chi connectivity index (χ2n) is 9.97. The van der Waals surface area contributed by atoms with E-state index in [-0.39, 0.29) is 28.8 Å². The van der Waals surface area contributed by atoms with E-state index in [1.807, 2.05) is 18.2 Å². The van der Waals surface area contributed by atoms with E-state index in [0.717, 1.165) is 6.42 Å². The number of benzene rings is 3. The Morgan fingerprint density at radius 2 is 1.25 bits per heavy atom. The van der Waals surface area contributed by atoms with Gasteiger partial charge in [0.2, 0.25) is 0 Å². The zero-order valence-corrected chi connectivity index (χ0v) is 19.6. The van der Waals surface area contributed by atoms with Crippen LogP contribution in [0.2, 0.25) is 5.54 Å². The third-order valence-electron chi connectivity index (χ3n) is 7.78. The van der Waals surface area contributed by atoms with Gasteiger partial charge in [0, 0.05) is 5.54 Å². The molecule has 4 atom stereocenters. The molecule has 0 amide bonds. The summed E-state index contributed by atoms with van der Waals surface area (Å²) in [5.41, 5.74) is -0.146. The minimum absolute atomic E-state index is 0.0120. The number of ether oxygens (including phenoxy) is 1. The number of aliphatic hydroxyl groups excluding tert-OH is 1. The van der Waals surface area contributed by atoms with Crippen molar-refractivity contribution in [1.29, 1.82) is 0 Å². The molecular formula is C28H30O3Si. The van der Waals surface area contributed by atoms with Gasteiger partial charge in [-0.15, -0.1) is 0 Å². The number of aliphatic hydroxyl groups is 1. The van der Waals surface area contributed by atoms with Crippen molar-refractivity contribution < 1.29 is 14.6 Å². The molecule has 2 fully saturated rings. The first-order valence-electron chi connectivity index (χ1n) is 11.5. The average molecular weight is 443 g/mol. The number of rotatable bonds is 5. The van der Waals surface area contributed by atoms with Crippen LogP contribution in [0.3, 0.4) is 0 Å². The maximum Gasteiger partial charge on any atom is 0.309 e. The summed E-state index contributed by atoms with van der Waals surface area (Å²) in [6.45, 7) is 4.57. The first kappa shape index (κ1) is 21.2. The van der Waals surface area contributed by atoms with Gasteiger partial charge in [0.25, 0.3) is 0 Å². The van der Waals surface area contributed by atoms with Crippen molar-refractivity contribution >= 4 is 29.6 Å². The average Bonchev–Trinajstić information content (AvgIpc) is 3.21. The molecule has 3 nitrogen and oxygen atoms in total. The van der Waals surface area contributed by atoms with E-state index in [4.69, 9.17) is 4.74 Å². The lowest BCUT2D eigenvalue weighted by atomic mass is 9.57. The van der Waals surface area contributed by atoms with Crippen molar-refractivity contribution in [2.24, 2.45) is 17.3 Å². The molecule has 3 aromatic rings. The summed E-state index contributed by atoms with van der Waals surface area (Å²) < 4.78 is 5.81. The zero-order chi connectivity index (χ0) is 22.3. The molecule has 0 spiro atoms. The number of carbonyl (C=O) groups excluding carboxylic acids is 1. The third-order valence-corrected chi connectivity index (χ3v) is 13.2. The summed E-state index contributed by atoms with van der Waals surface area (Å²) >= 11 is 0. The van der Waals surface area contributed by atoms with Crippen molar-refractivity contribution in [3.05, 3.63) is 91.0 Å². The Bertz CT molecular complexity index is 985. The maximum atomic E-state index is 13.2. The van der Waals surface area contributed by atoms with Crippen LogP contribution in [0, 0.1) is 17.3 Å². The molecule has 164 valence electrons. The van der Waals surface area contributed by atoms with Crippen molar-refractivity contribution in [2.45, 2.75) is 31.9 Å². The summed E-state index contributed by atoms with van der Waals surface area (Å²) in [7, 11) is -2.67. The van der Waals surface area contributed by atoms with E-state index in [1.54, 1.807) is 0 Å². The fourth-order valence-electron chi connectivity index (χ4n) is 6.23. The lowest BCUT2D eigenvalue weighted by Crippen LogP contribution is -2.72. The van der Waals surface area contributed by atoms with Gasteiger partial charge >= 0.3 is 5.97 Å². The Balaban J connectivity index is 1.76. The molecule has 1 saturated heterocycles. The summed E-state index contributed by atoms with van der Waals surface area (Å²) in [6.07, 6.45) is 0.350. The molecule has 1 heterocycles. The molecule has 1 aliphatic heterocycles. The highest BCUT2D eigenvalue weighted by Gasteiger charge is 2.62. The van der Waals surface area contributed by atoms with Crippen LogP contribution in [0.15, 0.2) is 91.0 Å². The normalized spacial score (nSPS) is 26.9. The quantitative estimate of drug-likeness (QED) is 0.375. The predicted octanol–water partition coefficient (Wildman–Crippen LogP) is 3.11. The van der Waals surface area contributed by atoms with Crippen molar-refractivity contribution in [1.82, 2.24) is 0 Å². The smallest absolute Gasteiger partial charge is 0.309 e. The molecule has 1 aliphatic carbocycles. The molecule has 0 aromatic heterocycles. The standard InChI is InChI=1S/C28H30O3Si/c1-28(2)18-23(26(28)29)25-24(19-31-27(25)30)32(20-12-6-3-7-13-20,21-14-8-4-9-15-21)22-16-10-5-11-17-22/h3-17,23-26,29H,18-19H2,1-2H3/t23-,24+,25-,26-/m1/s1. The van der Waals surface area contributed by atoms with Gasteiger partial charge in [-0.1, -0.05) is 105 Å². The van der Waals surface area contributed by atoms with Crippen LogP contribution in [-0.4, -0.2) is 31.9 Å². The second kappa shape index (κ2) is 8.02. The zero-order valence-electron chi connectivity index (χ0n) is 18.6. The highest BCUT2D eigenvalue weighted by Crippen LogP contribution is 2.54. The monoisotopic (exact) mass is 442 g/mol. The van der Waals surface area contributed by atoms with Gasteiger partial charge in [-0.25, -0.2) is 0 Å². The first-order chi connectivity index (χ1) is 15.5. The molecule has 3 aromatic carbocycles. The third kappa shape index (κ3) is 3.16. The van der Waals surface area contributed by atoms with E-state index in [9.17, 15) is 9.90 Å². The fourth-order valence-corrected chi connectivity index (χ4v) is 11.9. The summed E-state index contributed by atoms with van der Waals surface area (Å²) in [5, 5.41) is 14.8. The molecular weight excluding hydrogens is 412 g/mol. The molecule has 0 bridgehead atoms. The Morgan fingerprint density at radius 1 is 0.812 bits per heavy atom. The van der Waals surface area contributed by atoms with Gasteiger partial charge in [-0.2, -0.15) is 0 Å². The van der Waals surface area contributed by atoms with Gasteiger partial charge in [-0.3, -0.25) is 4.79 Å². The summed E-state index contributed by atoms with van der Waals surface area (Å²) in [6, 6.07) is 32.0. The highest BCUT2D eigenvalue weighted by atomic mass is 28.3. The van der Waals surface area contributed by atoms with E-state index >= 15 is 0 Å². The lowest BCUT2D eigenvalue weighted by molar-refractivity contribution is -0.156. The number of esters is 1. The SMILES string of the molecule is CC1(C)C[C@H]([C@H]2C(=O)OC[C@@H]2[Si](c2ccccc2)(c2ccccc2)c2ccccc2)[C@H]1O. The van der Waals surface area contributed by atoms with Gasteiger partial charge in [0.1, 0.15) is 0 Å². The molecule has 32 heavy (non-hydrogen) atoms. The first-order valence-corrected chi connectivity index (χ1v) is 13.6. The van der Waals surface area contributed by atoms with Crippen molar-refractivity contribution in [2.75, 3.05) is 6.61 Å². The lowest BCUT2D eigenvalue weighted by Gasteiger charge is -2.52. The maximum absolute atomic E-state index is 13.2. The largest absolute Gasteiger partial charge is 0.465 e. The van der Waals surface area contributed by atoms with Crippen LogP contribution in [0.1, 0.15) is 20.3 Å². The van der Waals surface area contributed by atoms with Crippen LogP contribution in [-0.2, 0) is 9.53 Å². The van der Waals surface area contributed by atoms with Crippen LogP contribution >= 0.6 is 0 Å². The van der Waals surface area contributed by atoms with E-state index in [2.05, 4.69) is 86.6 Å². The molecule has 0 unspecified atom stereocenters. The number of cyclic esters (lactones) is 1. The molecule has 4 heteroatoms. The summed E-state index contributed by atoms with van der Waals surface area (Å²) in [5.74, 6) is -0.507. The predicted molar refractivity (Wildman–Crippen MR) is 130 cm³/mol. The van der Waals surface area contributed by atoms with Crippen molar-refractivity contribution in [3.63, 3.8) is 0 Å². The Kier molecular flexibility index (Phi) is 5.30. The van der Waals surface area contributed by atoms with Gasteiger partial charge < -0.3 is 9.84 Å². The molecule has 2 aliphatic rings. The van der Waals surface area contributed by atoms with Gasteiger partial charge in [-0.05, 0) is 33.3 Å². The molecule has 1 N–H and O–H groups in total. The Labute approximate surface area is 191 Å². The second-order valence-corrected chi connectivity index (χ2v) is 14.1. The minimum atomic E-state index is -2.67. The van der Waals surface area contributed by atoms with Gasteiger partial charge in [0.05, 0.1) is 18.6 Å². The topological polar surface area (TPSA) is 46.5 Å². The van der Waals surface area contributed by atoms with E-state index < -0.39 is 14.2 Å². The van der Waals surface area contributed by atoms with Crippen LogP contribution < -0.4 is 15.6 Å². The Hall–Kier alpha value is -2.69. The van der Waals surface area contributed by atoms with Crippen LogP contribution in [0.5, 0.6) is 0 Å². The van der Waals surface area contributed by atoms with E-state index in [0.29, 0.717) is 6.61 Å². The van der Waals surface area contributed by atoms with Crippen LogP contribution in [0.4, 0.5) is 0 Å². The minimum Gasteiger partial charge on any atom is -0.465 e. The molecule has 5 rings (SSSR count). The fraction of sp³-hybridized carbons (Fsp3) is 0.321. The number of hydrogen-bond donors (Lipinski definition) is 1. The molecule has 0 radical (unpaired) electrons. The van der Waals surface area contributed by atoms with Gasteiger partial charge in [0.15, 0.2) is 8.07 Å². The van der Waals surface area contributed by atoms with Crippen molar-refractivity contribution in [3.8, 4) is 0 Å². The van der Waals surface area contributed by atoms with Crippen LogP contribution in [0.25, 0.3) is 0 Å². The summed E-state index contributed by atoms with van der Waals surface area (Å²) in [4.78, 5) is 13.2. The highest BCUT2D eigenvalue weighted by molar-refractivity contribution is 7.12. The number of hydrogen-bond acceptors (Lipinski definition) is 3. The Morgan fingerprint density at radius 3 is 1.62 bits per heavy atom.